The van der Waals surface area contributed by atoms with Crippen molar-refractivity contribution in [1.29, 1.82) is 0 Å². The molecule has 0 radical (unpaired) electrons. The summed E-state index contributed by atoms with van der Waals surface area (Å²) in [6.45, 7) is 1.42. The minimum absolute atomic E-state index is 0.156. The summed E-state index contributed by atoms with van der Waals surface area (Å²) >= 11 is 0. The molecule has 1 aromatic heterocycles. The zero-order valence-electron chi connectivity index (χ0n) is 9.67. The smallest absolute Gasteiger partial charge is 0.339 e. The van der Waals surface area contributed by atoms with Gasteiger partial charge in [-0.05, 0) is 18.9 Å². The van der Waals surface area contributed by atoms with Crippen molar-refractivity contribution in [2.45, 2.75) is 18.9 Å². The first-order valence-electron chi connectivity index (χ1n) is 5.56. The Labute approximate surface area is 99.2 Å². The number of aromatic carboxylic acids is 1. The molecule has 1 N–H and O–H groups in total. The Kier molecular flexibility index (Phi) is 3.53. The highest BCUT2D eigenvalue weighted by molar-refractivity contribution is 5.93. The van der Waals surface area contributed by atoms with Crippen LogP contribution in [0.5, 0.6) is 0 Å². The summed E-state index contributed by atoms with van der Waals surface area (Å²) in [6.07, 6.45) is 3.61. The quantitative estimate of drug-likeness (QED) is 0.834. The monoisotopic (exact) mass is 237 g/mol. The number of ether oxygens (including phenoxy) is 1. The van der Waals surface area contributed by atoms with Gasteiger partial charge in [-0.2, -0.15) is 5.10 Å². The number of carbonyl (C=O) groups is 1. The minimum Gasteiger partial charge on any atom is -0.478 e. The van der Waals surface area contributed by atoms with Gasteiger partial charge in [0.2, 0.25) is 0 Å². The van der Waals surface area contributed by atoms with Gasteiger partial charge < -0.3 is 14.7 Å². The van der Waals surface area contributed by atoms with Crippen molar-refractivity contribution in [3.05, 3.63) is 17.8 Å². The van der Waals surface area contributed by atoms with Gasteiger partial charge in [0.25, 0.3) is 0 Å². The molecule has 1 aromatic rings. The molecule has 6 nitrogen and oxygen atoms in total. The second-order valence-electron chi connectivity index (χ2n) is 4.09. The molecule has 0 aromatic carbocycles. The van der Waals surface area contributed by atoms with Crippen molar-refractivity contribution in [2.24, 2.45) is 0 Å². The van der Waals surface area contributed by atoms with E-state index in [2.05, 4.69) is 10.2 Å². The molecular weight excluding hydrogens is 222 g/mol. The SMILES string of the molecule is CN(CC1CCCO1)c1nnccc1C(=O)O. The fourth-order valence-corrected chi connectivity index (χ4v) is 1.95. The number of hydrogen-bond acceptors (Lipinski definition) is 5. The lowest BCUT2D eigenvalue weighted by Crippen LogP contribution is -2.30. The van der Waals surface area contributed by atoms with Crippen LogP contribution in [0.4, 0.5) is 5.82 Å². The number of carboxylic acids is 1. The highest BCUT2D eigenvalue weighted by Crippen LogP contribution is 2.18. The largest absolute Gasteiger partial charge is 0.478 e. The van der Waals surface area contributed by atoms with E-state index in [9.17, 15) is 4.79 Å². The Hall–Kier alpha value is -1.69. The van der Waals surface area contributed by atoms with Gasteiger partial charge >= 0.3 is 5.97 Å². The molecule has 0 amide bonds. The Bertz CT molecular complexity index is 405. The maximum Gasteiger partial charge on any atom is 0.339 e. The van der Waals surface area contributed by atoms with Gasteiger partial charge in [-0.25, -0.2) is 4.79 Å². The van der Waals surface area contributed by atoms with Gasteiger partial charge in [0.05, 0.1) is 12.3 Å². The number of likely N-dealkylation sites (N-methyl/N-ethyl adjacent to an activating group) is 1. The maximum atomic E-state index is 11.0. The Morgan fingerprint density at radius 2 is 2.53 bits per heavy atom. The topological polar surface area (TPSA) is 75.5 Å². The van der Waals surface area contributed by atoms with Crippen LogP contribution in [0.15, 0.2) is 12.3 Å². The Morgan fingerprint density at radius 3 is 3.18 bits per heavy atom. The van der Waals surface area contributed by atoms with E-state index in [1.54, 1.807) is 11.9 Å². The van der Waals surface area contributed by atoms with E-state index in [1.807, 2.05) is 0 Å². The normalized spacial score (nSPS) is 19.2. The lowest BCUT2D eigenvalue weighted by molar-refractivity contribution is 0.0696. The summed E-state index contributed by atoms with van der Waals surface area (Å²) in [6, 6.07) is 1.46. The van der Waals surface area contributed by atoms with E-state index >= 15 is 0 Å². The molecule has 1 aliphatic heterocycles. The second kappa shape index (κ2) is 5.09. The molecule has 0 bridgehead atoms. The van der Waals surface area contributed by atoms with Crippen LogP contribution < -0.4 is 4.90 Å². The van der Waals surface area contributed by atoms with Gasteiger partial charge in [-0.1, -0.05) is 0 Å². The lowest BCUT2D eigenvalue weighted by atomic mass is 10.2. The molecule has 1 fully saturated rings. The third-order valence-electron chi connectivity index (χ3n) is 2.79. The van der Waals surface area contributed by atoms with Gasteiger partial charge in [-0.3, -0.25) is 0 Å². The van der Waals surface area contributed by atoms with E-state index < -0.39 is 5.97 Å². The molecule has 1 saturated heterocycles. The summed E-state index contributed by atoms with van der Waals surface area (Å²) in [4.78, 5) is 12.8. The average Bonchev–Trinajstić information content (AvgIpc) is 2.81. The lowest BCUT2D eigenvalue weighted by Gasteiger charge is -2.22. The van der Waals surface area contributed by atoms with Gasteiger partial charge in [0, 0.05) is 20.2 Å². The molecule has 0 aliphatic carbocycles. The van der Waals surface area contributed by atoms with Crippen molar-refractivity contribution in [2.75, 3.05) is 25.1 Å². The van der Waals surface area contributed by atoms with Gasteiger partial charge in [0.15, 0.2) is 5.82 Å². The molecule has 2 rings (SSSR count). The molecule has 0 saturated carbocycles. The number of nitrogens with zero attached hydrogens (tertiary/aromatic N) is 3. The first-order chi connectivity index (χ1) is 8.18. The first kappa shape index (κ1) is 11.8. The maximum absolute atomic E-state index is 11.0. The second-order valence-corrected chi connectivity index (χ2v) is 4.09. The highest BCUT2D eigenvalue weighted by Gasteiger charge is 2.21. The number of rotatable bonds is 4. The number of anilines is 1. The van der Waals surface area contributed by atoms with Crippen molar-refractivity contribution in [1.82, 2.24) is 10.2 Å². The minimum atomic E-state index is -0.992. The Morgan fingerprint density at radius 1 is 1.71 bits per heavy atom. The van der Waals surface area contributed by atoms with E-state index in [1.165, 1.54) is 12.3 Å². The van der Waals surface area contributed by atoms with Crippen molar-refractivity contribution in [3.8, 4) is 0 Å². The van der Waals surface area contributed by atoms with Gasteiger partial charge in [-0.15, -0.1) is 5.10 Å². The predicted octanol–water partition coefficient (Wildman–Crippen LogP) is 0.790. The van der Waals surface area contributed by atoms with Crippen LogP contribution >= 0.6 is 0 Å². The predicted molar refractivity (Wildman–Crippen MR) is 61.2 cm³/mol. The summed E-state index contributed by atoms with van der Waals surface area (Å²) < 4.78 is 5.51. The van der Waals surface area contributed by atoms with E-state index in [4.69, 9.17) is 9.84 Å². The third kappa shape index (κ3) is 2.71. The van der Waals surface area contributed by atoms with E-state index in [0.29, 0.717) is 12.4 Å². The number of hydrogen-bond donors (Lipinski definition) is 1. The van der Waals surface area contributed by atoms with Crippen LogP contribution in [0.1, 0.15) is 23.2 Å². The Balaban J connectivity index is 2.12. The molecule has 1 aliphatic rings. The number of carboxylic acid groups (broad SMARTS) is 1. The number of aromatic nitrogens is 2. The standard InChI is InChI=1S/C11H15N3O3/c1-14(7-8-3-2-6-17-8)10-9(11(15)16)4-5-12-13-10/h4-5,8H,2-3,6-7H2,1H3,(H,15,16). The van der Waals surface area contributed by atoms with Crippen LogP contribution in [-0.2, 0) is 4.74 Å². The van der Waals surface area contributed by atoms with E-state index in [0.717, 1.165) is 19.4 Å². The zero-order chi connectivity index (χ0) is 12.3. The van der Waals surface area contributed by atoms with Crippen molar-refractivity contribution < 1.29 is 14.6 Å². The summed E-state index contributed by atoms with van der Waals surface area (Å²) in [7, 11) is 1.80. The molecule has 0 spiro atoms. The zero-order valence-corrected chi connectivity index (χ0v) is 9.67. The van der Waals surface area contributed by atoms with Crippen molar-refractivity contribution in [3.63, 3.8) is 0 Å². The molecule has 6 heteroatoms. The van der Waals surface area contributed by atoms with Crippen LogP contribution in [0.3, 0.4) is 0 Å². The van der Waals surface area contributed by atoms with Crippen LogP contribution in [0.25, 0.3) is 0 Å². The molecule has 2 heterocycles. The molecule has 92 valence electrons. The molecule has 1 atom stereocenters. The van der Waals surface area contributed by atoms with Crippen molar-refractivity contribution >= 4 is 11.8 Å². The fourth-order valence-electron chi connectivity index (χ4n) is 1.95. The summed E-state index contributed by atoms with van der Waals surface area (Å²) in [5.41, 5.74) is 0.167. The van der Waals surface area contributed by atoms with Crippen LogP contribution in [-0.4, -0.2) is 47.6 Å². The molecule has 17 heavy (non-hydrogen) atoms. The fraction of sp³-hybridized carbons (Fsp3) is 0.545. The van der Waals surface area contributed by atoms with Crippen LogP contribution in [0.2, 0.25) is 0 Å². The average molecular weight is 237 g/mol. The molecular formula is C11H15N3O3. The van der Waals surface area contributed by atoms with E-state index in [-0.39, 0.29) is 11.7 Å². The van der Waals surface area contributed by atoms with Crippen LogP contribution in [0, 0.1) is 0 Å². The van der Waals surface area contributed by atoms with Gasteiger partial charge in [0.1, 0.15) is 5.56 Å². The third-order valence-corrected chi connectivity index (χ3v) is 2.79. The first-order valence-corrected chi connectivity index (χ1v) is 5.56. The summed E-state index contributed by atoms with van der Waals surface area (Å²) in [5.74, 6) is -0.607. The highest BCUT2D eigenvalue weighted by atomic mass is 16.5. The molecule has 1 unspecified atom stereocenters. The summed E-state index contributed by atoms with van der Waals surface area (Å²) in [5, 5.41) is 16.7.